The van der Waals surface area contributed by atoms with Crippen molar-refractivity contribution >= 4 is 5.97 Å². The van der Waals surface area contributed by atoms with E-state index in [1.807, 2.05) is 0 Å². The smallest absolute Gasteiger partial charge is 0.310 e. The average Bonchev–Trinajstić information content (AvgIpc) is 2.88. The van der Waals surface area contributed by atoms with E-state index in [-0.39, 0.29) is 0 Å². The van der Waals surface area contributed by atoms with E-state index in [1.54, 1.807) is 0 Å². The van der Waals surface area contributed by atoms with Crippen LogP contribution in [-0.4, -0.2) is 35.6 Å². The molecule has 0 aliphatic heterocycles. The second-order valence-corrected chi connectivity index (χ2v) is 5.65. The zero-order valence-corrected chi connectivity index (χ0v) is 10.2. The summed E-state index contributed by atoms with van der Waals surface area (Å²) in [5.41, 5.74) is -0.433. The first-order valence-electron chi connectivity index (χ1n) is 6.58. The Bertz CT molecular complexity index is 253. The summed E-state index contributed by atoms with van der Waals surface area (Å²) in [5.74, 6) is -0.574. The first kappa shape index (κ1) is 11.9. The van der Waals surface area contributed by atoms with Crippen molar-refractivity contribution in [2.24, 2.45) is 5.41 Å². The fourth-order valence-corrected chi connectivity index (χ4v) is 3.44. The lowest BCUT2D eigenvalue weighted by Gasteiger charge is -2.33. The van der Waals surface area contributed by atoms with E-state index < -0.39 is 11.4 Å². The van der Waals surface area contributed by atoms with Crippen molar-refractivity contribution in [1.82, 2.24) is 4.90 Å². The van der Waals surface area contributed by atoms with E-state index in [0.717, 1.165) is 32.2 Å². The molecule has 16 heavy (non-hydrogen) atoms. The van der Waals surface area contributed by atoms with Crippen LogP contribution in [0.15, 0.2) is 0 Å². The molecular weight excluding hydrogens is 202 g/mol. The second kappa shape index (κ2) is 4.74. The van der Waals surface area contributed by atoms with Gasteiger partial charge in [-0.25, -0.2) is 0 Å². The maximum absolute atomic E-state index is 11.4. The molecular formula is C13H23NO2. The average molecular weight is 225 g/mol. The van der Waals surface area contributed by atoms with Crippen LogP contribution in [0.2, 0.25) is 0 Å². The van der Waals surface area contributed by atoms with Gasteiger partial charge >= 0.3 is 5.97 Å². The van der Waals surface area contributed by atoms with Gasteiger partial charge in [0, 0.05) is 12.6 Å². The monoisotopic (exact) mass is 225 g/mol. The zero-order chi connectivity index (χ0) is 11.6. The molecule has 2 fully saturated rings. The lowest BCUT2D eigenvalue weighted by molar-refractivity contribution is -0.150. The molecule has 0 amide bonds. The van der Waals surface area contributed by atoms with Gasteiger partial charge in [0.2, 0.25) is 0 Å². The molecule has 0 saturated heterocycles. The summed E-state index contributed by atoms with van der Waals surface area (Å²) < 4.78 is 0. The molecule has 0 spiro atoms. The van der Waals surface area contributed by atoms with Gasteiger partial charge in [0.15, 0.2) is 0 Å². The highest BCUT2D eigenvalue weighted by atomic mass is 16.4. The van der Waals surface area contributed by atoms with Crippen LogP contribution < -0.4 is 0 Å². The van der Waals surface area contributed by atoms with Crippen LogP contribution in [-0.2, 0) is 4.79 Å². The van der Waals surface area contributed by atoms with Crippen LogP contribution in [0.4, 0.5) is 0 Å². The van der Waals surface area contributed by atoms with Gasteiger partial charge in [-0.15, -0.1) is 0 Å². The third-order valence-corrected chi connectivity index (χ3v) is 4.51. The van der Waals surface area contributed by atoms with Gasteiger partial charge in [-0.3, -0.25) is 4.79 Å². The van der Waals surface area contributed by atoms with E-state index in [4.69, 9.17) is 0 Å². The third-order valence-electron chi connectivity index (χ3n) is 4.51. The van der Waals surface area contributed by atoms with Crippen molar-refractivity contribution in [3.8, 4) is 0 Å². The molecule has 0 aromatic rings. The van der Waals surface area contributed by atoms with Crippen molar-refractivity contribution in [2.45, 2.75) is 57.4 Å². The van der Waals surface area contributed by atoms with Crippen molar-refractivity contribution in [1.29, 1.82) is 0 Å². The predicted molar refractivity (Wildman–Crippen MR) is 63.4 cm³/mol. The first-order valence-corrected chi connectivity index (χ1v) is 6.58. The van der Waals surface area contributed by atoms with Gasteiger partial charge in [0.25, 0.3) is 0 Å². The number of nitrogens with zero attached hydrogens (tertiary/aromatic N) is 1. The Morgan fingerprint density at radius 1 is 1.25 bits per heavy atom. The van der Waals surface area contributed by atoms with Gasteiger partial charge in [-0.1, -0.05) is 25.7 Å². The summed E-state index contributed by atoms with van der Waals surface area (Å²) in [4.78, 5) is 13.8. The quantitative estimate of drug-likeness (QED) is 0.799. The molecule has 2 aliphatic rings. The highest BCUT2D eigenvalue weighted by molar-refractivity contribution is 5.75. The van der Waals surface area contributed by atoms with Crippen molar-refractivity contribution < 1.29 is 9.90 Å². The Hall–Kier alpha value is -0.570. The molecule has 0 aromatic heterocycles. The number of aliphatic carboxylic acids is 1. The summed E-state index contributed by atoms with van der Waals surface area (Å²) in [5, 5.41) is 9.43. The summed E-state index contributed by atoms with van der Waals surface area (Å²) >= 11 is 0. The van der Waals surface area contributed by atoms with Crippen molar-refractivity contribution in [3.05, 3.63) is 0 Å². The molecule has 0 aromatic carbocycles. The number of carboxylic acid groups (broad SMARTS) is 1. The van der Waals surface area contributed by atoms with Gasteiger partial charge < -0.3 is 10.0 Å². The highest BCUT2D eigenvalue weighted by Crippen LogP contribution is 2.40. The number of carboxylic acids is 1. The maximum Gasteiger partial charge on any atom is 0.310 e. The fourth-order valence-electron chi connectivity index (χ4n) is 3.44. The normalized spacial score (nSPS) is 25.4. The maximum atomic E-state index is 11.4. The molecule has 1 N–H and O–H groups in total. The number of hydrogen-bond donors (Lipinski definition) is 1. The van der Waals surface area contributed by atoms with Crippen LogP contribution in [0.1, 0.15) is 51.4 Å². The summed E-state index contributed by atoms with van der Waals surface area (Å²) in [6.45, 7) is 0.757. The minimum atomic E-state index is -0.574. The van der Waals surface area contributed by atoms with Gasteiger partial charge in [-0.2, -0.15) is 0 Å². The molecule has 0 atom stereocenters. The van der Waals surface area contributed by atoms with Crippen LogP contribution in [0.25, 0.3) is 0 Å². The third kappa shape index (κ3) is 2.24. The van der Waals surface area contributed by atoms with Gasteiger partial charge in [0.05, 0.1) is 5.41 Å². The molecule has 2 aliphatic carbocycles. The molecule has 0 heterocycles. The Kier molecular flexibility index (Phi) is 3.53. The lowest BCUT2D eigenvalue weighted by Crippen LogP contribution is -2.43. The van der Waals surface area contributed by atoms with Gasteiger partial charge in [-0.05, 0) is 32.7 Å². The van der Waals surface area contributed by atoms with E-state index in [1.165, 1.54) is 25.7 Å². The lowest BCUT2D eigenvalue weighted by atomic mass is 9.85. The van der Waals surface area contributed by atoms with E-state index in [2.05, 4.69) is 11.9 Å². The SMILES string of the molecule is CN(CC1(C(=O)O)CCCC1)C1CCCC1. The zero-order valence-electron chi connectivity index (χ0n) is 10.2. The van der Waals surface area contributed by atoms with E-state index in [9.17, 15) is 9.90 Å². The molecule has 2 rings (SSSR count). The van der Waals surface area contributed by atoms with Crippen LogP contribution >= 0.6 is 0 Å². The summed E-state index contributed by atoms with van der Waals surface area (Å²) in [6, 6.07) is 0.636. The molecule has 0 bridgehead atoms. The van der Waals surface area contributed by atoms with Crippen LogP contribution in [0, 0.1) is 5.41 Å². The minimum Gasteiger partial charge on any atom is -0.481 e. The molecule has 0 unspecified atom stereocenters. The Morgan fingerprint density at radius 3 is 2.31 bits per heavy atom. The fraction of sp³-hybridized carbons (Fsp3) is 0.923. The van der Waals surface area contributed by atoms with Gasteiger partial charge in [0.1, 0.15) is 0 Å². The van der Waals surface area contributed by atoms with E-state index >= 15 is 0 Å². The number of hydrogen-bond acceptors (Lipinski definition) is 2. The largest absolute Gasteiger partial charge is 0.481 e. The van der Waals surface area contributed by atoms with Crippen molar-refractivity contribution in [3.63, 3.8) is 0 Å². The standard InChI is InChI=1S/C13H23NO2/c1-14(11-6-2-3-7-11)10-13(12(15)16)8-4-5-9-13/h11H,2-10H2,1H3,(H,15,16). The topological polar surface area (TPSA) is 40.5 Å². The molecule has 3 nitrogen and oxygen atoms in total. The number of carbonyl (C=O) groups is 1. The predicted octanol–water partition coefficient (Wildman–Crippen LogP) is 2.51. The first-order chi connectivity index (χ1) is 7.64. The Balaban J connectivity index is 1.97. The second-order valence-electron chi connectivity index (χ2n) is 5.65. The van der Waals surface area contributed by atoms with Crippen LogP contribution in [0.5, 0.6) is 0 Å². The minimum absolute atomic E-state index is 0.433. The van der Waals surface area contributed by atoms with E-state index in [0.29, 0.717) is 6.04 Å². The number of rotatable bonds is 4. The Morgan fingerprint density at radius 2 is 1.81 bits per heavy atom. The summed E-state index contributed by atoms with van der Waals surface area (Å²) in [6.07, 6.45) is 9.07. The molecule has 2 saturated carbocycles. The molecule has 0 radical (unpaired) electrons. The molecule has 3 heteroatoms. The summed E-state index contributed by atoms with van der Waals surface area (Å²) in [7, 11) is 2.11. The van der Waals surface area contributed by atoms with Crippen LogP contribution in [0.3, 0.4) is 0 Å². The highest BCUT2D eigenvalue weighted by Gasteiger charge is 2.42. The Labute approximate surface area is 97.8 Å². The molecule has 92 valence electrons. The van der Waals surface area contributed by atoms with Crippen molar-refractivity contribution in [2.75, 3.05) is 13.6 Å².